The number of nitrogens with one attached hydrogen (secondary N) is 2. The number of halogens is 1. The highest BCUT2D eigenvalue weighted by Crippen LogP contribution is 2.18. The van der Waals surface area contributed by atoms with E-state index in [-0.39, 0.29) is 24.0 Å². The van der Waals surface area contributed by atoms with Gasteiger partial charge in [-0.1, -0.05) is 32.9 Å². The molecule has 1 aliphatic rings. The summed E-state index contributed by atoms with van der Waals surface area (Å²) in [5.74, 6) is 2.56. The molecule has 2 heterocycles. The fourth-order valence-corrected chi connectivity index (χ4v) is 3.67. The van der Waals surface area contributed by atoms with Crippen LogP contribution in [0.4, 0.5) is 0 Å². The molecule has 7 heteroatoms. The first-order valence-electron chi connectivity index (χ1n) is 10.3. The molecule has 1 aliphatic heterocycles. The first kappa shape index (κ1) is 24.2. The molecule has 27 heavy (non-hydrogen) atoms. The molecule has 0 saturated carbocycles. The van der Waals surface area contributed by atoms with Crippen molar-refractivity contribution in [2.24, 2.45) is 10.9 Å². The predicted molar refractivity (Wildman–Crippen MR) is 123 cm³/mol. The minimum absolute atomic E-state index is 0. The Morgan fingerprint density at radius 1 is 1.26 bits per heavy atom. The summed E-state index contributed by atoms with van der Waals surface area (Å²) in [5.41, 5.74) is 2.18. The summed E-state index contributed by atoms with van der Waals surface area (Å²) in [6.45, 7) is 15.7. The summed E-state index contributed by atoms with van der Waals surface area (Å²) in [7, 11) is 0. The van der Waals surface area contributed by atoms with Crippen molar-refractivity contribution in [3.8, 4) is 0 Å². The lowest BCUT2D eigenvalue weighted by molar-refractivity contribution is 0.226. The van der Waals surface area contributed by atoms with Gasteiger partial charge in [-0.25, -0.2) is 4.99 Å². The van der Waals surface area contributed by atoms with Crippen LogP contribution in [0, 0.1) is 5.92 Å². The van der Waals surface area contributed by atoms with Gasteiger partial charge in [-0.15, -0.1) is 24.0 Å². The Morgan fingerprint density at radius 2 is 2.04 bits per heavy atom. The molecule has 156 valence electrons. The number of nitrogens with zero attached hydrogens (tertiary/aromatic N) is 3. The molecular formula is C20H38IN5O. The van der Waals surface area contributed by atoms with E-state index in [4.69, 9.17) is 9.52 Å². The third-order valence-electron chi connectivity index (χ3n) is 4.95. The number of aryl methyl sites for hydroxylation is 2. The van der Waals surface area contributed by atoms with E-state index in [1.807, 2.05) is 0 Å². The van der Waals surface area contributed by atoms with Crippen LogP contribution in [0.5, 0.6) is 0 Å². The molecule has 0 bridgehead atoms. The van der Waals surface area contributed by atoms with Gasteiger partial charge in [0.25, 0.3) is 0 Å². The third kappa shape index (κ3) is 7.25. The monoisotopic (exact) mass is 491 g/mol. The van der Waals surface area contributed by atoms with E-state index in [1.54, 1.807) is 0 Å². The van der Waals surface area contributed by atoms with Crippen LogP contribution in [-0.2, 0) is 19.4 Å². The maximum absolute atomic E-state index is 5.45. The van der Waals surface area contributed by atoms with Crippen molar-refractivity contribution < 1.29 is 4.52 Å². The minimum atomic E-state index is 0. The van der Waals surface area contributed by atoms with Crippen LogP contribution in [0.15, 0.2) is 9.52 Å². The Bertz CT molecular complexity index is 551. The molecule has 1 aromatic rings. The van der Waals surface area contributed by atoms with E-state index in [9.17, 15) is 0 Å². The van der Waals surface area contributed by atoms with Gasteiger partial charge >= 0.3 is 0 Å². The predicted octanol–water partition coefficient (Wildman–Crippen LogP) is 3.59. The molecule has 2 rings (SSSR count). The van der Waals surface area contributed by atoms with Gasteiger partial charge in [0.15, 0.2) is 5.96 Å². The van der Waals surface area contributed by atoms with Gasteiger partial charge in [0.2, 0.25) is 0 Å². The molecule has 0 unspecified atom stereocenters. The lowest BCUT2D eigenvalue weighted by atomic mass is 10.1. The van der Waals surface area contributed by atoms with Crippen LogP contribution >= 0.6 is 24.0 Å². The van der Waals surface area contributed by atoms with Gasteiger partial charge in [0.1, 0.15) is 5.76 Å². The van der Waals surface area contributed by atoms with E-state index in [0.717, 1.165) is 48.9 Å². The zero-order chi connectivity index (χ0) is 18.9. The number of guanidine groups is 1. The molecule has 1 fully saturated rings. The third-order valence-corrected chi connectivity index (χ3v) is 4.95. The number of rotatable bonds is 9. The molecular weight excluding hydrogens is 453 g/mol. The number of hydrogen-bond donors (Lipinski definition) is 2. The summed E-state index contributed by atoms with van der Waals surface area (Å²) < 4.78 is 5.45. The average molecular weight is 491 g/mol. The van der Waals surface area contributed by atoms with Crippen molar-refractivity contribution in [3.05, 3.63) is 17.0 Å². The van der Waals surface area contributed by atoms with Crippen molar-refractivity contribution >= 4 is 29.9 Å². The minimum Gasteiger partial charge on any atom is -0.361 e. The number of aromatic nitrogens is 1. The van der Waals surface area contributed by atoms with Crippen molar-refractivity contribution in [3.63, 3.8) is 0 Å². The topological polar surface area (TPSA) is 65.7 Å². The number of likely N-dealkylation sites (tertiary alicyclic amines) is 1. The van der Waals surface area contributed by atoms with Crippen LogP contribution in [0.3, 0.4) is 0 Å². The van der Waals surface area contributed by atoms with Crippen LogP contribution < -0.4 is 10.6 Å². The first-order chi connectivity index (χ1) is 12.6. The van der Waals surface area contributed by atoms with E-state index < -0.39 is 0 Å². The molecule has 0 aliphatic carbocycles. The quantitative estimate of drug-likeness (QED) is 0.314. The Kier molecular flexibility index (Phi) is 11.3. The van der Waals surface area contributed by atoms with Crippen LogP contribution in [0.1, 0.15) is 64.5 Å². The molecule has 0 spiro atoms. The molecule has 1 aromatic heterocycles. The molecule has 1 saturated heterocycles. The fourth-order valence-electron chi connectivity index (χ4n) is 3.67. The van der Waals surface area contributed by atoms with E-state index in [0.29, 0.717) is 18.5 Å². The lowest BCUT2D eigenvalue weighted by Gasteiger charge is -2.27. The van der Waals surface area contributed by atoms with Gasteiger partial charge in [-0.3, -0.25) is 4.90 Å². The Labute approximate surface area is 181 Å². The molecule has 0 radical (unpaired) electrons. The smallest absolute Gasteiger partial charge is 0.191 e. The van der Waals surface area contributed by atoms with Gasteiger partial charge in [0.05, 0.1) is 12.2 Å². The van der Waals surface area contributed by atoms with Crippen LogP contribution in [0.25, 0.3) is 0 Å². The van der Waals surface area contributed by atoms with Crippen molar-refractivity contribution in [1.29, 1.82) is 0 Å². The Morgan fingerprint density at radius 3 is 2.67 bits per heavy atom. The number of hydrogen-bond acceptors (Lipinski definition) is 4. The van der Waals surface area contributed by atoms with Crippen molar-refractivity contribution in [2.75, 3.05) is 26.2 Å². The molecule has 1 atom stereocenters. The molecule has 0 aromatic carbocycles. The second-order valence-corrected chi connectivity index (χ2v) is 7.50. The fraction of sp³-hybridized carbons (Fsp3) is 0.800. The van der Waals surface area contributed by atoms with E-state index in [2.05, 4.69) is 55.3 Å². The first-order valence-corrected chi connectivity index (χ1v) is 10.3. The molecule has 2 N–H and O–H groups in total. The second kappa shape index (κ2) is 12.6. The Hall–Kier alpha value is -0.830. The lowest BCUT2D eigenvalue weighted by Crippen LogP contribution is -2.45. The normalized spacial score (nSPS) is 18.0. The zero-order valence-corrected chi connectivity index (χ0v) is 20.0. The summed E-state index contributed by atoms with van der Waals surface area (Å²) in [6.07, 6.45) is 4.30. The largest absolute Gasteiger partial charge is 0.361 e. The van der Waals surface area contributed by atoms with Crippen LogP contribution in [-0.4, -0.2) is 48.2 Å². The summed E-state index contributed by atoms with van der Waals surface area (Å²) in [4.78, 5) is 7.41. The highest BCUT2D eigenvalue weighted by molar-refractivity contribution is 14.0. The maximum Gasteiger partial charge on any atom is 0.191 e. The highest BCUT2D eigenvalue weighted by atomic mass is 127. The number of aliphatic imine (C=N–C) groups is 1. The SMILES string of the molecule is CCNC(=NCc1c(CC)noc1CC)NC[C@H]1CCCN1CC(C)C.I. The van der Waals surface area contributed by atoms with Crippen molar-refractivity contribution in [2.45, 2.75) is 72.9 Å². The summed E-state index contributed by atoms with van der Waals surface area (Å²) in [5, 5.41) is 11.1. The maximum atomic E-state index is 5.45. The zero-order valence-electron chi connectivity index (χ0n) is 17.7. The van der Waals surface area contributed by atoms with E-state index >= 15 is 0 Å². The highest BCUT2D eigenvalue weighted by Gasteiger charge is 2.24. The van der Waals surface area contributed by atoms with Gasteiger partial charge in [0, 0.05) is 37.7 Å². The second-order valence-electron chi connectivity index (χ2n) is 7.50. The van der Waals surface area contributed by atoms with Gasteiger partial charge < -0.3 is 15.2 Å². The van der Waals surface area contributed by atoms with Gasteiger partial charge in [-0.05, 0) is 38.6 Å². The van der Waals surface area contributed by atoms with Crippen LogP contribution in [0.2, 0.25) is 0 Å². The summed E-state index contributed by atoms with van der Waals surface area (Å²) >= 11 is 0. The molecule has 0 amide bonds. The van der Waals surface area contributed by atoms with Crippen molar-refractivity contribution in [1.82, 2.24) is 20.7 Å². The van der Waals surface area contributed by atoms with E-state index in [1.165, 1.54) is 25.9 Å². The molecule has 6 nitrogen and oxygen atoms in total. The standard InChI is InChI=1S/C20H37N5O.HI/c1-6-18-17(19(7-2)26-24-18)13-23-20(21-8-3)22-12-16-10-9-11-25(16)14-15(4)5;/h15-16H,6-14H2,1-5H3,(H2,21,22,23);1H/t16-;/m1./s1. The van der Waals surface area contributed by atoms with Gasteiger partial charge in [-0.2, -0.15) is 0 Å². The average Bonchev–Trinajstić information content (AvgIpc) is 3.22. The Balaban J connectivity index is 0.00000364. The summed E-state index contributed by atoms with van der Waals surface area (Å²) in [6, 6.07) is 0.606.